The lowest BCUT2D eigenvalue weighted by atomic mass is 10.0. The molecular formula is C34H39FN4O5. The van der Waals surface area contributed by atoms with Gasteiger partial charge in [-0.05, 0) is 63.4 Å². The van der Waals surface area contributed by atoms with Crippen molar-refractivity contribution < 1.29 is 24.1 Å². The molecule has 1 unspecified atom stereocenters. The molecule has 4 aromatic rings. The molecule has 2 aromatic heterocycles. The predicted octanol–water partition coefficient (Wildman–Crippen LogP) is 6.95. The van der Waals surface area contributed by atoms with Crippen LogP contribution in [0.25, 0.3) is 11.8 Å². The number of allylic oxidation sites excluding steroid dienone is 1. The highest BCUT2D eigenvalue weighted by atomic mass is 19.1. The topological polar surface area (TPSA) is 119 Å². The summed E-state index contributed by atoms with van der Waals surface area (Å²) in [5.74, 6) is -0.782. The number of para-hydroxylation sites is 1. The van der Waals surface area contributed by atoms with E-state index in [1.54, 1.807) is 54.9 Å². The van der Waals surface area contributed by atoms with Crippen molar-refractivity contribution in [1.82, 2.24) is 14.3 Å². The second-order valence-electron chi connectivity index (χ2n) is 10.7. The lowest BCUT2D eigenvalue weighted by Crippen LogP contribution is -2.34. The molecule has 1 atom stereocenters. The molecule has 9 nitrogen and oxygen atoms in total. The number of pyridine rings is 1. The van der Waals surface area contributed by atoms with Crippen molar-refractivity contribution in [2.75, 3.05) is 5.32 Å². The Balaban J connectivity index is 0.00000216. The SMILES string of the molecule is CC.CCC(C)(O)Cn1c(C)c(C(=O)Nc2ccc(Oc3ccnc4c3CCCC(O)=C4)c(F)c2)c(=O)n1-c1ccccc1. The number of aliphatic hydroxyl groups is 2. The Hall–Kier alpha value is -4.70. The summed E-state index contributed by atoms with van der Waals surface area (Å²) in [4.78, 5) is 31.3. The fourth-order valence-electron chi connectivity index (χ4n) is 4.97. The normalized spacial score (nSPS) is 13.8. The number of fused-ring (bicyclic) bond motifs is 1. The third kappa shape index (κ3) is 6.92. The van der Waals surface area contributed by atoms with Crippen LogP contribution in [0.1, 0.15) is 74.3 Å². The second-order valence-corrected chi connectivity index (χ2v) is 10.7. The lowest BCUT2D eigenvalue weighted by Gasteiger charge is -2.25. The van der Waals surface area contributed by atoms with E-state index in [0.717, 1.165) is 11.6 Å². The van der Waals surface area contributed by atoms with Crippen LogP contribution in [-0.2, 0) is 13.0 Å². The molecular weight excluding hydrogens is 563 g/mol. The quantitative estimate of drug-likeness (QED) is 0.201. The van der Waals surface area contributed by atoms with E-state index < -0.39 is 22.9 Å². The molecule has 5 rings (SSSR count). The number of carbonyl (C=O) groups is 1. The summed E-state index contributed by atoms with van der Waals surface area (Å²) < 4.78 is 24.1. The number of aliphatic hydroxyl groups excluding tert-OH is 1. The van der Waals surface area contributed by atoms with Crippen molar-refractivity contribution in [3.8, 4) is 17.2 Å². The van der Waals surface area contributed by atoms with Crippen molar-refractivity contribution in [2.45, 2.75) is 72.4 Å². The van der Waals surface area contributed by atoms with Crippen molar-refractivity contribution in [3.63, 3.8) is 0 Å². The van der Waals surface area contributed by atoms with Gasteiger partial charge in [-0.3, -0.25) is 19.3 Å². The minimum absolute atomic E-state index is 0.0468. The van der Waals surface area contributed by atoms with E-state index in [-0.39, 0.29) is 29.3 Å². The third-order valence-electron chi connectivity index (χ3n) is 7.50. The molecule has 1 aliphatic rings. The van der Waals surface area contributed by atoms with E-state index in [0.29, 0.717) is 48.5 Å². The summed E-state index contributed by atoms with van der Waals surface area (Å²) in [6.45, 7) is 9.24. The van der Waals surface area contributed by atoms with Crippen LogP contribution in [0.3, 0.4) is 0 Å². The van der Waals surface area contributed by atoms with Crippen LogP contribution in [0.5, 0.6) is 11.5 Å². The van der Waals surface area contributed by atoms with E-state index in [1.165, 1.54) is 23.0 Å². The maximum atomic E-state index is 15.2. The number of ether oxygens (including phenoxy) is 1. The maximum Gasteiger partial charge on any atom is 0.284 e. The summed E-state index contributed by atoms with van der Waals surface area (Å²) in [6, 6.07) is 14.5. The highest BCUT2D eigenvalue weighted by Crippen LogP contribution is 2.33. The molecule has 3 N–H and O–H groups in total. The number of benzene rings is 2. The average molecular weight is 603 g/mol. The van der Waals surface area contributed by atoms with Crippen molar-refractivity contribution in [2.24, 2.45) is 0 Å². The summed E-state index contributed by atoms with van der Waals surface area (Å²) in [5.41, 5.74) is 0.626. The van der Waals surface area contributed by atoms with Crippen molar-refractivity contribution in [1.29, 1.82) is 0 Å². The molecule has 0 fully saturated rings. The Morgan fingerprint density at radius 2 is 1.84 bits per heavy atom. The van der Waals surface area contributed by atoms with E-state index >= 15 is 4.39 Å². The number of rotatable bonds is 8. The largest absolute Gasteiger partial charge is 0.512 e. The van der Waals surface area contributed by atoms with Gasteiger partial charge in [0, 0.05) is 36.0 Å². The first-order valence-corrected chi connectivity index (χ1v) is 14.8. The Labute approximate surface area is 256 Å². The van der Waals surface area contributed by atoms with E-state index in [2.05, 4.69) is 10.3 Å². The highest BCUT2D eigenvalue weighted by molar-refractivity contribution is 6.05. The lowest BCUT2D eigenvalue weighted by molar-refractivity contribution is 0.0317. The van der Waals surface area contributed by atoms with Gasteiger partial charge in [-0.15, -0.1) is 0 Å². The molecule has 0 saturated heterocycles. The summed E-state index contributed by atoms with van der Waals surface area (Å²) in [6.07, 6.45) is 5.40. The number of nitrogens with zero attached hydrogens (tertiary/aromatic N) is 3. The zero-order chi connectivity index (χ0) is 32.0. The van der Waals surface area contributed by atoms with Crippen molar-refractivity contribution in [3.05, 3.63) is 105 Å². The van der Waals surface area contributed by atoms with Gasteiger partial charge in [0.25, 0.3) is 11.5 Å². The van der Waals surface area contributed by atoms with Gasteiger partial charge in [-0.1, -0.05) is 39.0 Å². The highest BCUT2D eigenvalue weighted by Gasteiger charge is 2.28. The number of nitrogens with one attached hydrogen (secondary N) is 1. The smallest absolute Gasteiger partial charge is 0.284 e. The standard InChI is InChI=1S/C32H33FN4O5.C2H6/c1-4-32(3,41)19-36-20(2)29(31(40)37(36)22-9-6-5-7-10-22)30(39)35-21-13-14-28(25(33)17-21)42-27-15-16-34-26-18-23(38)11-8-12-24(26)27;1-2/h5-7,9-10,13-18,38,41H,4,8,11-12,19H2,1-3H3,(H,35,39);1-2H3. The van der Waals surface area contributed by atoms with Gasteiger partial charge in [0.2, 0.25) is 0 Å². The zero-order valence-corrected chi connectivity index (χ0v) is 25.7. The first-order valence-electron chi connectivity index (χ1n) is 14.8. The predicted molar refractivity (Wildman–Crippen MR) is 169 cm³/mol. The second kappa shape index (κ2) is 13.7. The van der Waals surface area contributed by atoms with Crippen LogP contribution in [0.4, 0.5) is 10.1 Å². The fourth-order valence-corrected chi connectivity index (χ4v) is 4.97. The molecule has 0 aliphatic heterocycles. The number of aromatic nitrogens is 3. The third-order valence-corrected chi connectivity index (χ3v) is 7.50. The monoisotopic (exact) mass is 602 g/mol. The summed E-state index contributed by atoms with van der Waals surface area (Å²) in [5, 5.41) is 23.4. The number of amides is 1. The molecule has 2 heterocycles. The average Bonchev–Trinajstić information content (AvgIpc) is 3.11. The Bertz CT molecular complexity index is 1720. The molecule has 232 valence electrons. The number of carbonyl (C=O) groups excluding carboxylic acids is 1. The van der Waals surface area contributed by atoms with Gasteiger partial charge in [0.1, 0.15) is 11.3 Å². The minimum Gasteiger partial charge on any atom is -0.512 e. The van der Waals surface area contributed by atoms with Crippen LogP contribution < -0.4 is 15.6 Å². The molecule has 44 heavy (non-hydrogen) atoms. The molecule has 10 heteroatoms. The van der Waals surface area contributed by atoms with Gasteiger partial charge < -0.3 is 20.3 Å². The van der Waals surface area contributed by atoms with Crippen molar-refractivity contribution >= 4 is 17.7 Å². The molecule has 0 spiro atoms. The van der Waals surface area contributed by atoms with E-state index in [9.17, 15) is 19.8 Å². The minimum atomic E-state index is -1.12. The van der Waals surface area contributed by atoms with E-state index in [4.69, 9.17) is 4.74 Å². The van der Waals surface area contributed by atoms with Crippen LogP contribution in [-0.4, -0.2) is 36.1 Å². The molecule has 1 amide bonds. The van der Waals surface area contributed by atoms with Crippen LogP contribution in [0, 0.1) is 12.7 Å². The maximum absolute atomic E-state index is 15.2. The molecule has 0 saturated carbocycles. The summed E-state index contributed by atoms with van der Waals surface area (Å²) >= 11 is 0. The Kier molecular flexibility index (Phi) is 10.1. The van der Waals surface area contributed by atoms with E-state index in [1.807, 2.05) is 26.8 Å². The molecule has 2 aromatic carbocycles. The molecule has 1 aliphatic carbocycles. The molecule has 0 radical (unpaired) electrons. The number of hydrogen-bond acceptors (Lipinski definition) is 6. The van der Waals surface area contributed by atoms with Gasteiger partial charge in [0.15, 0.2) is 11.6 Å². The zero-order valence-electron chi connectivity index (χ0n) is 25.7. The van der Waals surface area contributed by atoms with Crippen LogP contribution in [0.2, 0.25) is 0 Å². The van der Waals surface area contributed by atoms with Crippen LogP contribution >= 0.6 is 0 Å². The number of hydrogen-bond donors (Lipinski definition) is 3. The van der Waals surface area contributed by atoms with Gasteiger partial charge in [0.05, 0.1) is 35.0 Å². The first kappa shape index (κ1) is 32.2. The Morgan fingerprint density at radius 1 is 1.11 bits per heavy atom. The number of anilines is 1. The Morgan fingerprint density at radius 3 is 2.52 bits per heavy atom. The van der Waals surface area contributed by atoms with Crippen LogP contribution in [0.15, 0.2) is 71.3 Å². The summed E-state index contributed by atoms with van der Waals surface area (Å²) in [7, 11) is 0. The fraction of sp³-hybridized carbons (Fsp3) is 0.324. The van der Waals surface area contributed by atoms with Gasteiger partial charge in [-0.2, -0.15) is 0 Å². The molecule has 0 bridgehead atoms. The number of halogens is 1. The van der Waals surface area contributed by atoms with Gasteiger partial charge in [-0.25, -0.2) is 9.07 Å². The first-order chi connectivity index (χ1) is 21.1. The van der Waals surface area contributed by atoms with Gasteiger partial charge >= 0.3 is 0 Å².